The van der Waals surface area contributed by atoms with Crippen LogP contribution in [0.1, 0.15) is 25.3 Å². The maximum Gasteiger partial charge on any atom is 0.573 e. The van der Waals surface area contributed by atoms with Crippen LogP contribution in [0.2, 0.25) is 0 Å². The zero-order valence-corrected chi connectivity index (χ0v) is 11.7. The van der Waals surface area contributed by atoms with Crippen LogP contribution in [0.4, 0.5) is 13.2 Å². The number of alkyl halides is 3. The third kappa shape index (κ3) is 3.49. The Balaban J connectivity index is 2.10. The smallest absolute Gasteiger partial charge is 0.406 e. The van der Waals surface area contributed by atoms with E-state index < -0.39 is 23.7 Å². The van der Waals surface area contributed by atoms with Gasteiger partial charge >= 0.3 is 6.36 Å². The largest absolute Gasteiger partial charge is 0.573 e. The van der Waals surface area contributed by atoms with Gasteiger partial charge in [0.15, 0.2) is 0 Å². The number of carbonyl (C=O) groups is 2. The fourth-order valence-corrected chi connectivity index (χ4v) is 2.15. The quantitative estimate of drug-likeness (QED) is 0.866. The number of nitrogens with two attached hydrogens (primary N) is 1. The maximum absolute atomic E-state index is 12.2. The van der Waals surface area contributed by atoms with Gasteiger partial charge in [-0.2, -0.15) is 0 Å². The topological polar surface area (TPSA) is 81.4 Å². The summed E-state index contributed by atoms with van der Waals surface area (Å²) in [4.78, 5) is 23.2. The van der Waals surface area contributed by atoms with Gasteiger partial charge in [0.05, 0.1) is 5.41 Å². The summed E-state index contributed by atoms with van der Waals surface area (Å²) in [7, 11) is 0. The molecule has 1 fully saturated rings. The summed E-state index contributed by atoms with van der Waals surface area (Å²) in [5.41, 5.74) is 4.86. The van der Waals surface area contributed by atoms with Gasteiger partial charge in [-0.1, -0.05) is 12.1 Å². The van der Waals surface area contributed by atoms with Crippen molar-refractivity contribution in [2.45, 2.75) is 37.6 Å². The molecular formula is C14H15F3N2O3. The molecule has 0 heterocycles. The van der Waals surface area contributed by atoms with E-state index in [1.807, 2.05) is 0 Å². The molecule has 22 heavy (non-hydrogen) atoms. The molecule has 2 rings (SSSR count). The number of primary amides is 1. The Kier molecular flexibility index (Phi) is 4.04. The zero-order chi connectivity index (χ0) is 16.5. The molecule has 0 spiro atoms. The minimum absolute atomic E-state index is 0.349. The summed E-state index contributed by atoms with van der Waals surface area (Å²) in [6.45, 7) is 1.47. The SMILES string of the molecule is C[C@H](NC(=O)C1(c2ccc(OC(F)(F)F)cc2)CC1)C(N)=O. The van der Waals surface area contributed by atoms with Gasteiger partial charge in [0.25, 0.3) is 0 Å². The lowest BCUT2D eigenvalue weighted by Crippen LogP contribution is -2.46. The van der Waals surface area contributed by atoms with Crippen LogP contribution in [0.25, 0.3) is 0 Å². The number of nitrogens with one attached hydrogen (secondary N) is 1. The van der Waals surface area contributed by atoms with Crippen molar-refractivity contribution >= 4 is 11.8 Å². The Morgan fingerprint density at radius 3 is 2.23 bits per heavy atom. The molecule has 1 atom stereocenters. The second-order valence-electron chi connectivity index (χ2n) is 5.25. The van der Waals surface area contributed by atoms with E-state index >= 15 is 0 Å². The Labute approximate surface area is 124 Å². The Hall–Kier alpha value is -2.25. The lowest BCUT2D eigenvalue weighted by molar-refractivity contribution is -0.274. The lowest BCUT2D eigenvalue weighted by Gasteiger charge is -2.18. The number of halogens is 3. The molecule has 0 bridgehead atoms. The molecule has 1 aliphatic carbocycles. The van der Waals surface area contributed by atoms with Crippen molar-refractivity contribution in [1.82, 2.24) is 5.32 Å². The Morgan fingerprint density at radius 1 is 1.27 bits per heavy atom. The molecule has 1 aromatic rings. The van der Waals surface area contributed by atoms with Gasteiger partial charge in [-0.15, -0.1) is 13.2 Å². The van der Waals surface area contributed by atoms with Gasteiger partial charge in [0, 0.05) is 0 Å². The molecule has 1 aromatic carbocycles. The molecule has 8 heteroatoms. The van der Waals surface area contributed by atoms with Crippen LogP contribution < -0.4 is 15.8 Å². The molecule has 0 aliphatic heterocycles. The van der Waals surface area contributed by atoms with Gasteiger partial charge in [-0.3, -0.25) is 9.59 Å². The predicted molar refractivity (Wildman–Crippen MR) is 70.8 cm³/mol. The highest BCUT2D eigenvalue weighted by molar-refractivity contribution is 5.94. The lowest BCUT2D eigenvalue weighted by atomic mass is 9.94. The molecule has 120 valence electrons. The first kappa shape index (κ1) is 16.1. The van der Waals surface area contributed by atoms with Crippen molar-refractivity contribution in [1.29, 1.82) is 0 Å². The van der Waals surface area contributed by atoms with Gasteiger partial charge < -0.3 is 15.8 Å². The van der Waals surface area contributed by atoms with Crippen molar-refractivity contribution in [3.63, 3.8) is 0 Å². The summed E-state index contributed by atoms with van der Waals surface area (Å²) in [5.74, 6) is -1.36. The normalized spacial score (nSPS) is 17.5. The molecule has 0 unspecified atom stereocenters. The van der Waals surface area contributed by atoms with Crippen LogP contribution in [0, 0.1) is 0 Å². The predicted octanol–water partition coefficient (Wildman–Crippen LogP) is 1.61. The minimum Gasteiger partial charge on any atom is -0.406 e. The molecular weight excluding hydrogens is 301 g/mol. The number of rotatable bonds is 5. The van der Waals surface area contributed by atoms with E-state index in [4.69, 9.17) is 5.73 Å². The summed E-state index contributed by atoms with van der Waals surface area (Å²) in [6, 6.07) is 4.35. The van der Waals surface area contributed by atoms with Crippen molar-refractivity contribution in [2.24, 2.45) is 5.73 Å². The molecule has 1 saturated carbocycles. The molecule has 1 aliphatic rings. The van der Waals surface area contributed by atoms with E-state index in [1.54, 1.807) is 0 Å². The van der Waals surface area contributed by atoms with Gasteiger partial charge in [0.2, 0.25) is 11.8 Å². The molecule has 0 radical (unpaired) electrons. The highest BCUT2D eigenvalue weighted by atomic mass is 19.4. The van der Waals surface area contributed by atoms with Crippen LogP contribution in [0.3, 0.4) is 0 Å². The summed E-state index contributed by atoms with van der Waals surface area (Å²) < 4.78 is 40.1. The zero-order valence-electron chi connectivity index (χ0n) is 11.7. The summed E-state index contributed by atoms with van der Waals surface area (Å²) in [6.07, 6.45) is -3.64. The first-order chi connectivity index (χ1) is 10.1. The van der Waals surface area contributed by atoms with Crippen molar-refractivity contribution in [3.8, 4) is 5.75 Å². The standard InChI is InChI=1S/C14H15F3N2O3/c1-8(11(18)20)19-12(21)13(6-7-13)9-2-4-10(5-3-9)22-14(15,16)17/h2-5,8H,6-7H2,1H3,(H2,18,20)(H,19,21)/t8-/m0/s1. The van der Waals surface area contributed by atoms with E-state index in [0.717, 1.165) is 12.1 Å². The molecule has 0 saturated heterocycles. The van der Waals surface area contributed by atoms with Crippen LogP contribution in [0.5, 0.6) is 5.75 Å². The summed E-state index contributed by atoms with van der Waals surface area (Å²) in [5, 5.41) is 2.51. The molecule has 0 aromatic heterocycles. The minimum atomic E-state index is -4.76. The number of benzene rings is 1. The van der Waals surface area contributed by atoms with Crippen LogP contribution in [-0.4, -0.2) is 24.2 Å². The van der Waals surface area contributed by atoms with E-state index in [2.05, 4.69) is 10.1 Å². The number of hydrogen-bond acceptors (Lipinski definition) is 3. The van der Waals surface area contributed by atoms with Crippen molar-refractivity contribution in [3.05, 3.63) is 29.8 Å². The second kappa shape index (κ2) is 5.51. The second-order valence-corrected chi connectivity index (χ2v) is 5.25. The summed E-state index contributed by atoms with van der Waals surface area (Å²) >= 11 is 0. The average molecular weight is 316 g/mol. The van der Waals surface area contributed by atoms with Crippen molar-refractivity contribution in [2.75, 3.05) is 0 Å². The average Bonchev–Trinajstić information content (AvgIpc) is 3.19. The first-order valence-corrected chi connectivity index (χ1v) is 6.61. The number of ether oxygens (including phenoxy) is 1. The van der Waals surface area contributed by atoms with Gasteiger partial charge in [-0.05, 0) is 37.5 Å². The van der Waals surface area contributed by atoms with Crippen molar-refractivity contribution < 1.29 is 27.5 Å². The maximum atomic E-state index is 12.2. The van der Waals surface area contributed by atoms with Crippen LogP contribution in [-0.2, 0) is 15.0 Å². The molecule has 2 amide bonds. The van der Waals surface area contributed by atoms with Gasteiger partial charge in [-0.25, -0.2) is 0 Å². The number of hydrogen-bond donors (Lipinski definition) is 2. The first-order valence-electron chi connectivity index (χ1n) is 6.61. The Bertz CT molecular complexity index is 580. The van der Waals surface area contributed by atoms with Gasteiger partial charge in [0.1, 0.15) is 11.8 Å². The highest BCUT2D eigenvalue weighted by Gasteiger charge is 2.51. The van der Waals surface area contributed by atoms with E-state index in [0.29, 0.717) is 18.4 Å². The number of carbonyl (C=O) groups excluding carboxylic acids is 2. The number of amides is 2. The Morgan fingerprint density at radius 2 is 1.82 bits per heavy atom. The van der Waals surface area contributed by atoms with E-state index in [1.165, 1.54) is 19.1 Å². The highest BCUT2D eigenvalue weighted by Crippen LogP contribution is 2.48. The molecule has 5 nitrogen and oxygen atoms in total. The van der Waals surface area contributed by atoms with E-state index in [9.17, 15) is 22.8 Å². The fourth-order valence-electron chi connectivity index (χ4n) is 2.15. The van der Waals surface area contributed by atoms with Crippen LogP contribution in [0.15, 0.2) is 24.3 Å². The van der Waals surface area contributed by atoms with E-state index in [-0.39, 0.29) is 11.7 Å². The van der Waals surface area contributed by atoms with Crippen LogP contribution >= 0.6 is 0 Å². The third-order valence-electron chi connectivity index (χ3n) is 3.60. The fraction of sp³-hybridized carbons (Fsp3) is 0.429. The third-order valence-corrected chi connectivity index (χ3v) is 3.60. The molecule has 3 N–H and O–H groups in total. The monoisotopic (exact) mass is 316 g/mol.